The van der Waals surface area contributed by atoms with Gasteiger partial charge in [0.2, 0.25) is 0 Å². The van der Waals surface area contributed by atoms with Gasteiger partial charge in [-0.25, -0.2) is 19.9 Å². The second-order valence-electron chi connectivity index (χ2n) is 4.27. The molecule has 0 saturated heterocycles. The molecule has 6 nitrogen and oxygen atoms in total. The molecule has 0 spiro atoms. The molecule has 0 atom stereocenters. The van der Waals surface area contributed by atoms with Crippen LogP contribution in [0.5, 0.6) is 0 Å². The van der Waals surface area contributed by atoms with Gasteiger partial charge in [0.25, 0.3) is 0 Å². The highest BCUT2D eigenvalue weighted by Crippen LogP contribution is 2.21. The van der Waals surface area contributed by atoms with E-state index in [0.29, 0.717) is 33.7 Å². The molecule has 7 heteroatoms. The summed E-state index contributed by atoms with van der Waals surface area (Å²) in [6.45, 7) is 5.55. The maximum atomic E-state index is 6.09. The normalized spacial score (nSPS) is 11.2. The molecule has 0 N–H and O–H groups in total. The number of aromatic nitrogens is 6. The van der Waals surface area contributed by atoms with Gasteiger partial charge in [-0.1, -0.05) is 11.6 Å². The predicted octanol–water partition coefficient (Wildman–Crippen LogP) is 2.18. The van der Waals surface area contributed by atoms with Gasteiger partial charge in [0.05, 0.1) is 11.6 Å². The standard InChI is InChI=1S/C12H11ClN6/c1-6-4-10(16-7(2)15-6)19-12-9(5-14-19)11(13)17-8(3)18-12/h4-5H,1-3H3. The molecule has 19 heavy (non-hydrogen) atoms. The zero-order valence-electron chi connectivity index (χ0n) is 10.7. The molecule has 0 bridgehead atoms. The van der Waals surface area contributed by atoms with Crippen molar-refractivity contribution in [2.45, 2.75) is 20.8 Å². The molecule has 0 amide bonds. The maximum absolute atomic E-state index is 6.09. The maximum Gasteiger partial charge on any atom is 0.169 e. The summed E-state index contributed by atoms with van der Waals surface area (Å²) in [5.41, 5.74) is 1.53. The van der Waals surface area contributed by atoms with Crippen molar-refractivity contribution in [1.82, 2.24) is 29.7 Å². The fraction of sp³-hybridized carbons (Fsp3) is 0.250. The number of hydrogen-bond acceptors (Lipinski definition) is 5. The van der Waals surface area contributed by atoms with Crippen LogP contribution in [-0.2, 0) is 0 Å². The van der Waals surface area contributed by atoms with Crippen LogP contribution in [0.4, 0.5) is 0 Å². The van der Waals surface area contributed by atoms with Gasteiger partial charge in [0.1, 0.15) is 16.8 Å². The summed E-state index contributed by atoms with van der Waals surface area (Å²) in [7, 11) is 0. The van der Waals surface area contributed by atoms with Gasteiger partial charge in [-0.05, 0) is 20.8 Å². The molecule has 96 valence electrons. The average molecular weight is 275 g/mol. The van der Waals surface area contributed by atoms with Gasteiger partial charge in [-0.15, -0.1) is 0 Å². The molecular weight excluding hydrogens is 264 g/mol. The van der Waals surface area contributed by atoms with Crippen LogP contribution in [0.25, 0.3) is 16.9 Å². The van der Waals surface area contributed by atoms with E-state index < -0.39 is 0 Å². The van der Waals surface area contributed by atoms with Gasteiger partial charge in [0.15, 0.2) is 11.5 Å². The lowest BCUT2D eigenvalue weighted by Crippen LogP contribution is -2.04. The van der Waals surface area contributed by atoms with Crippen molar-refractivity contribution in [3.05, 3.63) is 34.8 Å². The van der Waals surface area contributed by atoms with E-state index in [1.165, 1.54) is 0 Å². The van der Waals surface area contributed by atoms with E-state index in [2.05, 4.69) is 25.0 Å². The predicted molar refractivity (Wildman–Crippen MR) is 71.5 cm³/mol. The molecule has 3 aromatic heterocycles. The van der Waals surface area contributed by atoms with Crippen molar-refractivity contribution in [3.63, 3.8) is 0 Å². The van der Waals surface area contributed by atoms with E-state index >= 15 is 0 Å². The Morgan fingerprint density at radius 3 is 2.47 bits per heavy atom. The number of hydrogen-bond donors (Lipinski definition) is 0. The smallest absolute Gasteiger partial charge is 0.169 e. The average Bonchev–Trinajstić information content (AvgIpc) is 2.71. The van der Waals surface area contributed by atoms with Gasteiger partial charge < -0.3 is 0 Å². The Labute approximate surface area is 114 Å². The minimum absolute atomic E-state index is 0.399. The van der Waals surface area contributed by atoms with E-state index in [9.17, 15) is 0 Å². The van der Waals surface area contributed by atoms with Crippen LogP contribution >= 0.6 is 11.6 Å². The fourth-order valence-corrected chi connectivity index (χ4v) is 2.20. The quantitative estimate of drug-likeness (QED) is 0.636. The molecule has 0 saturated carbocycles. The van der Waals surface area contributed by atoms with Gasteiger partial charge in [0, 0.05) is 11.8 Å². The van der Waals surface area contributed by atoms with Crippen molar-refractivity contribution >= 4 is 22.6 Å². The van der Waals surface area contributed by atoms with Crippen LogP contribution in [0.2, 0.25) is 5.15 Å². The first-order valence-corrected chi connectivity index (χ1v) is 6.13. The third-order valence-electron chi connectivity index (χ3n) is 2.66. The van der Waals surface area contributed by atoms with E-state index in [1.54, 1.807) is 17.8 Å². The molecule has 3 heterocycles. The van der Waals surface area contributed by atoms with Crippen LogP contribution < -0.4 is 0 Å². The Balaban J connectivity index is 2.31. The highest BCUT2D eigenvalue weighted by Gasteiger charge is 2.12. The third kappa shape index (κ3) is 2.04. The molecule has 0 fully saturated rings. The lowest BCUT2D eigenvalue weighted by atomic mass is 10.4. The number of aryl methyl sites for hydroxylation is 3. The van der Waals surface area contributed by atoms with Crippen molar-refractivity contribution in [2.24, 2.45) is 0 Å². The number of nitrogens with zero attached hydrogens (tertiary/aromatic N) is 6. The van der Waals surface area contributed by atoms with E-state index in [4.69, 9.17) is 11.6 Å². The SMILES string of the molecule is Cc1cc(-n2ncc3c(Cl)nc(C)nc32)nc(C)n1. The van der Waals surface area contributed by atoms with E-state index in [1.807, 2.05) is 19.9 Å². The van der Waals surface area contributed by atoms with Crippen LogP contribution in [0.1, 0.15) is 17.3 Å². The van der Waals surface area contributed by atoms with Gasteiger partial charge in [-0.3, -0.25) is 0 Å². The lowest BCUT2D eigenvalue weighted by Gasteiger charge is -2.04. The Hall–Kier alpha value is -2.08. The molecule has 0 aliphatic heterocycles. The van der Waals surface area contributed by atoms with Crippen LogP contribution in [-0.4, -0.2) is 29.7 Å². The first-order valence-electron chi connectivity index (χ1n) is 5.75. The molecule has 0 aromatic carbocycles. The Morgan fingerprint density at radius 1 is 1.00 bits per heavy atom. The van der Waals surface area contributed by atoms with Crippen LogP contribution in [0, 0.1) is 20.8 Å². The van der Waals surface area contributed by atoms with Gasteiger partial charge >= 0.3 is 0 Å². The number of rotatable bonds is 1. The summed E-state index contributed by atoms with van der Waals surface area (Å²) in [5, 5.41) is 5.40. The summed E-state index contributed by atoms with van der Waals surface area (Å²) in [6, 6.07) is 1.85. The second kappa shape index (κ2) is 4.24. The van der Waals surface area contributed by atoms with E-state index in [-0.39, 0.29) is 0 Å². The van der Waals surface area contributed by atoms with E-state index in [0.717, 1.165) is 5.69 Å². The lowest BCUT2D eigenvalue weighted by molar-refractivity contribution is 0.832. The largest absolute Gasteiger partial charge is 0.238 e. The first kappa shape index (κ1) is 12.0. The minimum Gasteiger partial charge on any atom is -0.238 e. The van der Waals surface area contributed by atoms with Crippen LogP contribution in [0.15, 0.2) is 12.3 Å². The molecule has 3 rings (SSSR count). The first-order chi connectivity index (χ1) is 9.04. The van der Waals surface area contributed by atoms with Crippen molar-refractivity contribution in [3.8, 4) is 5.82 Å². The third-order valence-corrected chi connectivity index (χ3v) is 2.95. The molecule has 0 unspecified atom stereocenters. The summed E-state index contributed by atoms with van der Waals surface area (Å²) in [5.74, 6) is 1.96. The molecule has 0 aliphatic rings. The van der Waals surface area contributed by atoms with Crippen molar-refractivity contribution in [2.75, 3.05) is 0 Å². The Kier molecular flexibility index (Phi) is 2.67. The zero-order valence-corrected chi connectivity index (χ0v) is 11.5. The number of halogens is 1. The topological polar surface area (TPSA) is 69.4 Å². The molecular formula is C12H11ClN6. The van der Waals surface area contributed by atoms with Crippen molar-refractivity contribution < 1.29 is 0 Å². The second-order valence-corrected chi connectivity index (χ2v) is 4.63. The fourth-order valence-electron chi connectivity index (χ4n) is 1.95. The van der Waals surface area contributed by atoms with Crippen molar-refractivity contribution in [1.29, 1.82) is 0 Å². The molecule has 0 radical (unpaired) electrons. The molecule has 3 aromatic rings. The summed E-state index contributed by atoms with van der Waals surface area (Å²) < 4.78 is 1.65. The zero-order chi connectivity index (χ0) is 13.6. The Bertz CT molecular complexity index is 759. The summed E-state index contributed by atoms with van der Waals surface area (Å²) in [6.07, 6.45) is 1.64. The highest BCUT2D eigenvalue weighted by atomic mass is 35.5. The van der Waals surface area contributed by atoms with Gasteiger partial charge in [-0.2, -0.15) is 9.78 Å². The van der Waals surface area contributed by atoms with Crippen LogP contribution in [0.3, 0.4) is 0 Å². The summed E-state index contributed by atoms with van der Waals surface area (Å²) >= 11 is 6.09. The monoisotopic (exact) mass is 274 g/mol. The highest BCUT2D eigenvalue weighted by molar-refractivity contribution is 6.33. The minimum atomic E-state index is 0.399. The molecule has 0 aliphatic carbocycles. The summed E-state index contributed by atoms with van der Waals surface area (Å²) in [4.78, 5) is 17.1. The number of fused-ring (bicyclic) bond motifs is 1. The Morgan fingerprint density at radius 2 is 1.74 bits per heavy atom.